The van der Waals surface area contributed by atoms with Crippen molar-refractivity contribution in [3.05, 3.63) is 65.0 Å². The molecule has 1 aromatic heterocycles. The van der Waals surface area contributed by atoms with Crippen molar-refractivity contribution in [1.82, 2.24) is 15.0 Å². The molecule has 1 atom stereocenters. The molecule has 6 nitrogen and oxygen atoms in total. The number of nitrogens with zero attached hydrogens (tertiary/aromatic N) is 3. The molecule has 1 fully saturated rings. The van der Waals surface area contributed by atoms with Gasteiger partial charge in [0.25, 0.3) is 0 Å². The van der Waals surface area contributed by atoms with E-state index < -0.39 is 0 Å². The predicted octanol–water partition coefficient (Wildman–Crippen LogP) is 5.32. The van der Waals surface area contributed by atoms with Gasteiger partial charge in [-0.2, -0.15) is 4.98 Å². The fourth-order valence-electron chi connectivity index (χ4n) is 3.40. The topological polar surface area (TPSA) is 71.3 Å². The zero-order chi connectivity index (χ0) is 19.5. The zero-order valence-electron chi connectivity index (χ0n) is 15.6. The number of nitrogens with one attached hydrogen (secondary N) is 1. The van der Waals surface area contributed by atoms with E-state index in [2.05, 4.69) is 22.4 Å². The van der Waals surface area contributed by atoms with E-state index in [0.29, 0.717) is 23.3 Å². The molecule has 4 rings (SSSR count). The van der Waals surface area contributed by atoms with Crippen LogP contribution in [-0.4, -0.2) is 27.6 Å². The summed E-state index contributed by atoms with van der Waals surface area (Å²) in [5, 5.41) is 7.64. The van der Waals surface area contributed by atoms with Gasteiger partial charge >= 0.3 is 6.03 Å². The normalized spacial score (nSPS) is 16.4. The Morgan fingerprint density at radius 3 is 2.86 bits per heavy atom. The van der Waals surface area contributed by atoms with E-state index in [4.69, 9.17) is 16.1 Å². The van der Waals surface area contributed by atoms with Crippen molar-refractivity contribution in [3.63, 3.8) is 0 Å². The van der Waals surface area contributed by atoms with Gasteiger partial charge in [0.1, 0.15) is 6.04 Å². The fourth-order valence-corrected chi connectivity index (χ4v) is 3.59. The lowest BCUT2D eigenvalue weighted by Crippen LogP contribution is -2.34. The molecule has 0 radical (unpaired) electrons. The number of urea groups is 1. The van der Waals surface area contributed by atoms with Crippen molar-refractivity contribution in [3.8, 4) is 11.4 Å². The molecular weight excluding hydrogens is 376 g/mol. The highest BCUT2D eigenvalue weighted by Crippen LogP contribution is 2.32. The van der Waals surface area contributed by atoms with Crippen LogP contribution in [0, 0.1) is 0 Å². The second kappa shape index (κ2) is 8.02. The van der Waals surface area contributed by atoms with E-state index in [1.54, 1.807) is 17.0 Å². The van der Waals surface area contributed by atoms with Crippen LogP contribution >= 0.6 is 11.6 Å². The van der Waals surface area contributed by atoms with Gasteiger partial charge in [-0.3, -0.25) is 0 Å². The number of aryl methyl sites for hydroxylation is 1. The Bertz CT molecular complexity index is 971. The van der Waals surface area contributed by atoms with E-state index in [1.807, 2.05) is 36.4 Å². The minimum atomic E-state index is -0.227. The first-order chi connectivity index (χ1) is 13.6. The summed E-state index contributed by atoms with van der Waals surface area (Å²) in [6.07, 6.45) is 2.65. The molecule has 2 heterocycles. The second-order valence-electron chi connectivity index (χ2n) is 6.80. The maximum absolute atomic E-state index is 12.8. The molecule has 1 N–H and O–H groups in total. The number of likely N-dealkylation sites (tertiary alicyclic amines) is 1. The summed E-state index contributed by atoms with van der Waals surface area (Å²) in [7, 11) is 0. The molecule has 144 valence electrons. The Hall–Kier alpha value is -2.86. The molecule has 1 aliphatic heterocycles. The molecule has 7 heteroatoms. The number of hydrogen-bond acceptors (Lipinski definition) is 4. The monoisotopic (exact) mass is 396 g/mol. The van der Waals surface area contributed by atoms with Gasteiger partial charge in [0.15, 0.2) is 0 Å². The molecule has 2 amide bonds. The van der Waals surface area contributed by atoms with Gasteiger partial charge in [0.2, 0.25) is 11.7 Å². The van der Waals surface area contributed by atoms with Crippen molar-refractivity contribution in [2.45, 2.75) is 32.2 Å². The number of hydrogen-bond donors (Lipinski definition) is 1. The molecule has 0 aliphatic carbocycles. The first kappa shape index (κ1) is 18.5. The van der Waals surface area contributed by atoms with Gasteiger partial charge in [-0.15, -0.1) is 0 Å². The molecule has 1 aliphatic rings. The van der Waals surface area contributed by atoms with E-state index >= 15 is 0 Å². The van der Waals surface area contributed by atoms with Gasteiger partial charge < -0.3 is 14.7 Å². The third-order valence-corrected chi connectivity index (χ3v) is 5.17. The van der Waals surface area contributed by atoms with Crippen LogP contribution in [0.4, 0.5) is 10.5 Å². The van der Waals surface area contributed by atoms with Crippen molar-refractivity contribution < 1.29 is 9.32 Å². The van der Waals surface area contributed by atoms with Crippen LogP contribution < -0.4 is 5.32 Å². The fraction of sp³-hybridized carbons (Fsp3) is 0.286. The van der Waals surface area contributed by atoms with Crippen molar-refractivity contribution in [2.24, 2.45) is 0 Å². The molecule has 2 aromatic carbocycles. The van der Waals surface area contributed by atoms with Crippen LogP contribution in [0.3, 0.4) is 0 Å². The number of rotatable bonds is 4. The average molecular weight is 397 g/mol. The van der Waals surface area contributed by atoms with Gasteiger partial charge in [0.05, 0.1) is 0 Å². The minimum absolute atomic E-state index is 0.158. The lowest BCUT2D eigenvalue weighted by atomic mass is 10.1. The SMILES string of the molecule is CCc1ccc(NC(=O)N2CCC[C@H]2c2nc(-c3cccc(Cl)c3)no2)cc1. The van der Waals surface area contributed by atoms with Crippen LogP contribution in [-0.2, 0) is 6.42 Å². The highest BCUT2D eigenvalue weighted by molar-refractivity contribution is 6.30. The number of amides is 2. The summed E-state index contributed by atoms with van der Waals surface area (Å²) in [6.45, 7) is 2.75. The Balaban J connectivity index is 1.49. The molecule has 3 aromatic rings. The molecular formula is C21H21ClN4O2. The molecule has 28 heavy (non-hydrogen) atoms. The van der Waals surface area contributed by atoms with Crippen LogP contribution in [0.5, 0.6) is 0 Å². The average Bonchev–Trinajstić information content (AvgIpc) is 3.38. The first-order valence-corrected chi connectivity index (χ1v) is 9.78. The van der Waals surface area contributed by atoms with Crippen molar-refractivity contribution in [1.29, 1.82) is 0 Å². The molecule has 0 spiro atoms. The smallest absolute Gasteiger partial charge is 0.322 e. The maximum Gasteiger partial charge on any atom is 0.322 e. The number of benzene rings is 2. The number of carbonyl (C=O) groups is 1. The molecule has 0 saturated carbocycles. The number of carbonyl (C=O) groups excluding carboxylic acids is 1. The Labute approximate surface area is 168 Å². The lowest BCUT2D eigenvalue weighted by Gasteiger charge is -2.22. The van der Waals surface area contributed by atoms with Crippen LogP contribution in [0.1, 0.15) is 37.3 Å². The van der Waals surface area contributed by atoms with E-state index in [-0.39, 0.29) is 12.1 Å². The number of anilines is 1. The molecule has 1 saturated heterocycles. The van der Waals surface area contributed by atoms with E-state index in [1.165, 1.54) is 5.56 Å². The number of halogens is 1. The van der Waals surface area contributed by atoms with Crippen LogP contribution in [0.15, 0.2) is 53.1 Å². The van der Waals surface area contributed by atoms with Gasteiger partial charge in [-0.05, 0) is 49.1 Å². The standard InChI is InChI=1S/C21H21ClN4O2/c1-2-14-8-10-17(11-9-14)23-21(27)26-12-4-7-18(26)20-24-19(25-28-20)15-5-3-6-16(22)13-15/h3,5-6,8-11,13,18H,2,4,7,12H2,1H3,(H,23,27)/t18-/m0/s1. The maximum atomic E-state index is 12.8. The highest BCUT2D eigenvalue weighted by Gasteiger charge is 2.34. The minimum Gasteiger partial charge on any atom is -0.337 e. The van der Waals surface area contributed by atoms with Crippen LogP contribution in [0.25, 0.3) is 11.4 Å². The van der Waals surface area contributed by atoms with E-state index in [9.17, 15) is 4.79 Å². The largest absolute Gasteiger partial charge is 0.337 e. The number of aromatic nitrogens is 2. The van der Waals surface area contributed by atoms with Gasteiger partial charge in [-0.25, -0.2) is 4.79 Å². The Kier molecular flexibility index (Phi) is 5.30. The third-order valence-electron chi connectivity index (χ3n) is 4.94. The summed E-state index contributed by atoms with van der Waals surface area (Å²) in [5.41, 5.74) is 2.79. The highest BCUT2D eigenvalue weighted by atomic mass is 35.5. The quantitative estimate of drug-likeness (QED) is 0.647. The summed E-state index contributed by atoms with van der Waals surface area (Å²) in [5.74, 6) is 0.920. The summed E-state index contributed by atoms with van der Waals surface area (Å²) in [4.78, 5) is 19.0. The van der Waals surface area contributed by atoms with Gasteiger partial charge in [-0.1, -0.05) is 47.9 Å². The molecule has 0 unspecified atom stereocenters. The second-order valence-corrected chi connectivity index (χ2v) is 7.24. The van der Waals surface area contributed by atoms with Gasteiger partial charge in [0, 0.05) is 22.8 Å². The predicted molar refractivity (Wildman–Crippen MR) is 108 cm³/mol. The zero-order valence-corrected chi connectivity index (χ0v) is 16.3. The van der Waals surface area contributed by atoms with Crippen LogP contribution in [0.2, 0.25) is 5.02 Å². The Morgan fingerprint density at radius 2 is 2.11 bits per heavy atom. The lowest BCUT2D eigenvalue weighted by molar-refractivity contribution is 0.193. The van der Waals surface area contributed by atoms with Crippen molar-refractivity contribution in [2.75, 3.05) is 11.9 Å². The summed E-state index contributed by atoms with van der Waals surface area (Å²) in [6, 6.07) is 14.8. The summed E-state index contributed by atoms with van der Waals surface area (Å²) >= 11 is 6.04. The first-order valence-electron chi connectivity index (χ1n) is 9.40. The third kappa shape index (κ3) is 3.87. The van der Waals surface area contributed by atoms with E-state index in [0.717, 1.165) is 30.5 Å². The summed E-state index contributed by atoms with van der Waals surface area (Å²) < 4.78 is 5.48. The molecule has 0 bridgehead atoms. The Morgan fingerprint density at radius 1 is 1.29 bits per heavy atom. The van der Waals surface area contributed by atoms with Crippen molar-refractivity contribution >= 4 is 23.3 Å².